The van der Waals surface area contributed by atoms with Crippen LogP contribution in [0.5, 0.6) is 0 Å². The van der Waals surface area contributed by atoms with Gasteiger partial charge < -0.3 is 15.2 Å². The zero-order valence-corrected chi connectivity index (χ0v) is 14.3. The van der Waals surface area contributed by atoms with Crippen molar-refractivity contribution in [1.29, 1.82) is 0 Å². The third-order valence-corrected chi connectivity index (χ3v) is 5.60. The number of thiophene rings is 1. The predicted molar refractivity (Wildman–Crippen MR) is 89.0 cm³/mol. The number of hydrogen-bond acceptors (Lipinski definition) is 5. The Morgan fingerprint density at radius 2 is 1.96 bits per heavy atom. The van der Waals surface area contributed by atoms with Crippen LogP contribution >= 0.6 is 11.3 Å². The van der Waals surface area contributed by atoms with Crippen molar-refractivity contribution in [2.45, 2.75) is 20.3 Å². The average Bonchev–Trinajstić information content (AvgIpc) is 3.20. The SMILES string of the molecule is CCOC(=O)c1cc(C)sc1NC(=O)[C@@H]1[C@@H](C(=O)O)[C@@H]2C=C[C@@H]1C2. The summed E-state index contributed by atoms with van der Waals surface area (Å²) in [6, 6.07) is 1.67. The lowest BCUT2D eigenvalue weighted by molar-refractivity contribution is -0.146. The van der Waals surface area contributed by atoms with Crippen LogP contribution in [0.25, 0.3) is 0 Å². The maximum absolute atomic E-state index is 12.7. The van der Waals surface area contributed by atoms with E-state index in [1.807, 2.05) is 19.1 Å². The number of aliphatic carboxylic acids is 1. The zero-order chi connectivity index (χ0) is 17.4. The van der Waals surface area contributed by atoms with Crippen LogP contribution in [0.2, 0.25) is 0 Å². The zero-order valence-electron chi connectivity index (χ0n) is 13.4. The summed E-state index contributed by atoms with van der Waals surface area (Å²) in [7, 11) is 0. The van der Waals surface area contributed by atoms with Crippen molar-refractivity contribution >= 4 is 34.2 Å². The first-order valence-corrected chi connectivity index (χ1v) is 8.73. The van der Waals surface area contributed by atoms with Gasteiger partial charge in [-0.05, 0) is 38.2 Å². The third kappa shape index (κ3) is 2.84. The molecule has 6 nitrogen and oxygen atoms in total. The molecular weight excluding hydrogens is 330 g/mol. The van der Waals surface area contributed by atoms with Crippen LogP contribution in [0.15, 0.2) is 18.2 Å². The number of rotatable bonds is 5. The molecule has 0 unspecified atom stereocenters. The van der Waals surface area contributed by atoms with Crippen LogP contribution < -0.4 is 5.32 Å². The smallest absolute Gasteiger partial charge is 0.341 e. The van der Waals surface area contributed by atoms with Gasteiger partial charge in [0.15, 0.2) is 0 Å². The number of nitrogens with one attached hydrogen (secondary N) is 1. The molecule has 3 rings (SSSR count). The maximum atomic E-state index is 12.7. The number of allylic oxidation sites excluding steroid dienone is 2. The van der Waals surface area contributed by atoms with Crippen LogP contribution in [0.4, 0.5) is 5.00 Å². The van der Waals surface area contributed by atoms with Crippen molar-refractivity contribution < 1.29 is 24.2 Å². The summed E-state index contributed by atoms with van der Waals surface area (Å²) in [6.45, 7) is 3.80. The van der Waals surface area contributed by atoms with Gasteiger partial charge in [-0.3, -0.25) is 9.59 Å². The lowest BCUT2D eigenvalue weighted by atomic mass is 9.82. The van der Waals surface area contributed by atoms with E-state index in [0.717, 1.165) is 4.88 Å². The number of esters is 1. The molecule has 1 saturated carbocycles. The summed E-state index contributed by atoms with van der Waals surface area (Å²) < 4.78 is 5.01. The number of carbonyl (C=O) groups is 3. The van der Waals surface area contributed by atoms with Crippen LogP contribution in [-0.2, 0) is 14.3 Å². The van der Waals surface area contributed by atoms with E-state index in [4.69, 9.17) is 4.74 Å². The molecule has 2 N–H and O–H groups in total. The second-order valence-electron chi connectivity index (χ2n) is 6.15. The molecule has 1 aromatic rings. The number of carboxylic acid groups (broad SMARTS) is 1. The lowest BCUT2D eigenvalue weighted by Crippen LogP contribution is -2.36. The molecule has 1 aromatic heterocycles. The summed E-state index contributed by atoms with van der Waals surface area (Å²) in [5, 5.41) is 12.6. The summed E-state index contributed by atoms with van der Waals surface area (Å²) in [6.07, 6.45) is 4.52. The fourth-order valence-corrected chi connectivity index (χ4v) is 4.58. The van der Waals surface area contributed by atoms with E-state index in [2.05, 4.69) is 5.32 Å². The van der Waals surface area contributed by atoms with Gasteiger partial charge in [0.05, 0.1) is 24.0 Å². The van der Waals surface area contributed by atoms with Gasteiger partial charge in [-0.1, -0.05) is 12.2 Å². The van der Waals surface area contributed by atoms with Crippen molar-refractivity contribution in [2.24, 2.45) is 23.7 Å². The number of carbonyl (C=O) groups excluding carboxylic acids is 2. The number of aryl methyl sites for hydroxylation is 1. The van der Waals surface area contributed by atoms with Crippen molar-refractivity contribution in [3.05, 3.63) is 28.7 Å². The molecule has 2 aliphatic carbocycles. The molecule has 1 fully saturated rings. The van der Waals surface area contributed by atoms with E-state index in [1.54, 1.807) is 13.0 Å². The number of anilines is 1. The highest BCUT2D eigenvalue weighted by Crippen LogP contribution is 2.48. The van der Waals surface area contributed by atoms with Crippen molar-refractivity contribution in [2.75, 3.05) is 11.9 Å². The fraction of sp³-hybridized carbons (Fsp3) is 0.471. The van der Waals surface area contributed by atoms with Crippen LogP contribution in [0, 0.1) is 30.6 Å². The summed E-state index contributed by atoms with van der Waals surface area (Å²) in [5.41, 5.74) is 0.318. The van der Waals surface area contributed by atoms with Gasteiger partial charge in [-0.2, -0.15) is 0 Å². The van der Waals surface area contributed by atoms with Crippen molar-refractivity contribution in [3.8, 4) is 0 Å². The Kier molecular flexibility index (Phi) is 4.45. The maximum Gasteiger partial charge on any atom is 0.341 e. The Morgan fingerprint density at radius 1 is 1.29 bits per heavy atom. The Hall–Kier alpha value is -2.15. The monoisotopic (exact) mass is 349 g/mol. The van der Waals surface area contributed by atoms with Crippen LogP contribution in [0.1, 0.15) is 28.6 Å². The van der Waals surface area contributed by atoms with Gasteiger partial charge in [0.2, 0.25) is 5.91 Å². The highest BCUT2D eigenvalue weighted by Gasteiger charge is 2.51. The summed E-state index contributed by atoms with van der Waals surface area (Å²) >= 11 is 1.29. The number of amides is 1. The first kappa shape index (κ1) is 16.7. The third-order valence-electron chi connectivity index (χ3n) is 4.63. The molecule has 24 heavy (non-hydrogen) atoms. The molecule has 128 valence electrons. The van der Waals surface area contributed by atoms with Gasteiger partial charge in [0, 0.05) is 4.88 Å². The Morgan fingerprint density at radius 3 is 2.58 bits per heavy atom. The van der Waals surface area contributed by atoms with E-state index in [-0.39, 0.29) is 24.3 Å². The van der Waals surface area contributed by atoms with Gasteiger partial charge in [-0.25, -0.2) is 4.79 Å². The number of hydrogen-bond donors (Lipinski definition) is 2. The quantitative estimate of drug-likeness (QED) is 0.630. The normalized spacial score (nSPS) is 27.2. The molecule has 1 amide bonds. The minimum atomic E-state index is -0.944. The standard InChI is InChI=1S/C17H19NO5S/c1-3-23-17(22)11-6-8(2)24-15(11)18-14(19)12-9-4-5-10(7-9)13(12)16(20)21/h4-6,9-10,12-13H,3,7H2,1-2H3,(H,18,19)(H,20,21)/t9-,10-,12+,13+/m1/s1. The highest BCUT2D eigenvalue weighted by molar-refractivity contribution is 7.16. The van der Waals surface area contributed by atoms with Crippen molar-refractivity contribution in [3.63, 3.8) is 0 Å². The van der Waals surface area contributed by atoms with E-state index < -0.39 is 23.8 Å². The Bertz CT molecular complexity index is 723. The Labute approximate surface area is 143 Å². The van der Waals surface area contributed by atoms with E-state index in [1.165, 1.54) is 11.3 Å². The first-order chi connectivity index (χ1) is 11.4. The molecule has 2 aliphatic rings. The molecule has 0 aromatic carbocycles. The molecule has 0 aliphatic heterocycles. The second-order valence-corrected chi connectivity index (χ2v) is 7.40. The van der Waals surface area contributed by atoms with Crippen LogP contribution in [-0.4, -0.2) is 29.6 Å². The minimum Gasteiger partial charge on any atom is -0.481 e. The molecule has 7 heteroatoms. The van der Waals surface area contributed by atoms with Gasteiger partial charge in [0.1, 0.15) is 5.00 Å². The van der Waals surface area contributed by atoms with E-state index in [9.17, 15) is 19.5 Å². The van der Waals surface area contributed by atoms with E-state index >= 15 is 0 Å². The van der Waals surface area contributed by atoms with Crippen LogP contribution in [0.3, 0.4) is 0 Å². The predicted octanol–water partition coefficient (Wildman–Crippen LogP) is 2.69. The molecule has 4 atom stereocenters. The molecule has 0 radical (unpaired) electrons. The number of ether oxygens (including phenoxy) is 1. The largest absolute Gasteiger partial charge is 0.481 e. The molecular formula is C17H19NO5S. The molecule has 0 saturated heterocycles. The average molecular weight is 349 g/mol. The summed E-state index contributed by atoms with van der Waals surface area (Å²) in [4.78, 5) is 37.1. The van der Waals surface area contributed by atoms with Gasteiger partial charge in [-0.15, -0.1) is 11.3 Å². The van der Waals surface area contributed by atoms with Crippen molar-refractivity contribution in [1.82, 2.24) is 0 Å². The fourth-order valence-electron chi connectivity index (χ4n) is 3.68. The number of fused-ring (bicyclic) bond motifs is 2. The molecule has 0 spiro atoms. The Balaban J connectivity index is 1.82. The first-order valence-electron chi connectivity index (χ1n) is 7.92. The lowest BCUT2D eigenvalue weighted by Gasteiger charge is -2.23. The van der Waals surface area contributed by atoms with E-state index in [0.29, 0.717) is 17.0 Å². The van der Waals surface area contributed by atoms with Gasteiger partial charge >= 0.3 is 11.9 Å². The highest BCUT2D eigenvalue weighted by atomic mass is 32.1. The topological polar surface area (TPSA) is 92.7 Å². The number of carboxylic acids is 1. The summed E-state index contributed by atoms with van der Waals surface area (Å²) in [5.74, 6) is -3.21. The van der Waals surface area contributed by atoms with Gasteiger partial charge in [0.25, 0.3) is 0 Å². The second kappa shape index (κ2) is 6.39. The molecule has 2 bridgehead atoms. The molecule has 1 heterocycles. The minimum absolute atomic E-state index is 0.0526.